The molecule has 3 atom stereocenters. The van der Waals surface area contributed by atoms with Crippen LogP contribution in [0.25, 0.3) is 0 Å². The van der Waals surface area contributed by atoms with Gasteiger partial charge in [-0.15, -0.1) is 0 Å². The van der Waals surface area contributed by atoms with Gasteiger partial charge in [0.1, 0.15) is 0 Å². The summed E-state index contributed by atoms with van der Waals surface area (Å²) in [7, 11) is 0. The van der Waals surface area contributed by atoms with Crippen LogP contribution in [-0.4, -0.2) is 74.2 Å². The standard InChI is InChI=1S/C15H27N3O2/c1-12(17-6-8-20-9-7-17)15(19)18-4-2-13-10-16-11-14(13)3-5-18/h12-14,16H,2-11H2,1H3/t12?,13-,14+. The monoisotopic (exact) mass is 281 g/mol. The number of carbonyl (C=O) groups excluding carboxylic acids is 1. The van der Waals surface area contributed by atoms with Gasteiger partial charge in [-0.25, -0.2) is 0 Å². The van der Waals surface area contributed by atoms with Crippen molar-refractivity contribution in [1.82, 2.24) is 15.1 Å². The highest BCUT2D eigenvalue weighted by atomic mass is 16.5. The largest absolute Gasteiger partial charge is 0.379 e. The Hall–Kier alpha value is -0.650. The van der Waals surface area contributed by atoms with E-state index in [0.29, 0.717) is 5.91 Å². The van der Waals surface area contributed by atoms with Crippen LogP contribution in [0.15, 0.2) is 0 Å². The van der Waals surface area contributed by atoms with Gasteiger partial charge in [0.05, 0.1) is 19.3 Å². The third-order valence-electron chi connectivity index (χ3n) is 5.28. The first kappa shape index (κ1) is 14.3. The smallest absolute Gasteiger partial charge is 0.239 e. The number of likely N-dealkylation sites (tertiary alicyclic amines) is 1. The molecule has 3 fully saturated rings. The Labute approximate surface area is 121 Å². The lowest BCUT2D eigenvalue weighted by Gasteiger charge is -2.34. The van der Waals surface area contributed by atoms with E-state index in [2.05, 4.69) is 22.0 Å². The Kier molecular flexibility index (Phi) is 4.58. The molecule has 114 valence electrons. The highest BCUT2D eigenvalue weighted by molar-refractivity contribution is 5.81. The second-order valence-electron chi connectivity index (χ2n) is 6.41. The minimum absolute atomic E-state index is 0.00923. The fourth-order valence-corrected chi connectivity index (χ4v) is 3.82. The Bertz CT molecular complexity index is 330. The molecular formula is C15H27N3O2. The Balaban J connectivity index is 1.56. The summed E-state index contributed by atoms with van der Waals surface area (Å²) in [5.74, 6) is 1.89. The van der Waals surface area contributed by atoms with Crippen molar-refractivity contribution in [3.8, 4) is 0 Å². The third kappa shape index (κ3) is 3.00. The topological polar surface area (TPSA) is 44.8 Å². The van der Waals surface area contributed by atoms with Crippen LogP contribution in [0.4, 0.5) is 0 Å². The van der Waals surface area contributed by atoms with Crippen LogP contribution in [0.3, 0.4) is 0 Å². The van der Waals surface area contributed by atoms with Gasteiger partial charge in [-0.3, -0.25) is 9.69 Å². The summed E-state index contributed by atoms with van der Waals surface area (Å²) in [5.41, 5.74) is 0. The van der Waals surface area contributed by atoms with Gasteiger partial charge < -0.3 is 15.0 Å². The molecule has 3 aliphatic heterocycles. The van der Waals surface area contributed by atoms with E-state index in [1.165, 1.54) is 12.8 Å². The first-order valence-electron chi connectivity index (χ1n) is 8.07. The van der Waals surface area contributed by atoms with E-state index in [0.717, 1.165) is 64.3 Å². The van der Waals surface area contributed by atoms with Crippen molar-refractivity contribution < 1.29 is 9.53 Å². The lowest BCUT2D eigenvalue weighted by Crippen LogP contribution is -2.51. The van der Waals surface area contributed by atoms with Crippen LogP contribution in [0.5, 0.6) is 0 Å². The summed E-state index contributed by atoms with van der Waals surface area (Å²) in [6.07, 6.45) is 2.33. The van der Waals surface area contributed by atoms with Crippen molar-refractivity contribution in [2.45, 2.75) is 25.8 Å². The molecule has 5 heteroatoms. The van der Waals surface area contributed by atoms with E-state index in [4.69, 9.17) is 4.74 Å². The van der Waals surface area contributed by atoms with Gasteiger partial charge in [0.25, 0.3) is 0 Å². The van der Waals surface area contributed by atoms with Gasteiger partial charge >= 0.3 is 0 Å². The van der Waals surface area contributed by atoms with E-state index >= 15 is 0 Å². The molecular weight excluding hydrogens is 254 g/mol. The van der Waals surface area contributed by atoms with Gasteiger partial charge in [-0.2, -0.15) is 0 Å². The molecule has 3 rings (SSSR count). The Morgan fingerprint density at radius 3 is 2.30 bits per heavy atom. The van der Waals surface area contributed by atoms with Crippen LogP contribution in [0, 0.1) is 11.8 Å². The van der Waals surface area contributed by atoms with Crippen LogP contribution >= 0.6 is 0 Å². The molecule has 0 aromatic heterocycles. The van der Waals surface area contributed by atoms with Crippen LogP contribution in [-0.2, 0) is 9.53 Å². The molecule has 1 amide bonds. The van der Waals surface area contributed by atoms with Crippen molar-refractivity contribution in [1.29, 1.82) is 0 Å². The van der Waals surface area contributed by atoms with Crippen LogP contribution in [0.1, 0.15) is 19.8 Å². The molecule has 3 aliphatic rings. The zero-order valence-electron chi connectivity index (χ0n) is 12.5. The van der Waals surface area contributed by atoms with E-state index in [1.54, 1.807) is 0 Å². The molecule has 0 aromatic rings. The summed E-state index contributed by atoms with van der Waals surface area (Å²) >= 11 is 0. The molecule has 0 aliphatic carbocycles. The predicted molar refractivity (Wildman–Crippen MR) is 77.5 cm³/mol. The maximum atomic E-state index is 12.7. The number of hydrogen-bond donors (Lipinski definition) is 1. The Morgan fingerprint density at radius 1 is 1.10 bits per heavy atom. The van der Waals surface area contributed by atoms with Gasteiger partial charge in [0, 0.05) is 26.2 Å². The molecule has 3 saturated heterocycles. The number of carbonyl (C=O) groups is 1. The van der Waals surface area contributed by atoms with Crippen molar-refractivity contribution in [3.05, 3.63) is 0 Å². The van der Waals surface area contributed by atoms with Gasteiger partial charge in [-0.1, -0.05) is 0 Å². The zero-order chi connectivity index (χ0) is 13.9. The van der Waals surface area contributed by atoms with Crippen LogP contribution in [0.2, 0.25) is 0 Å². The highest BCUT2D eigenvalue weighted by Gasteiger charge is 2.33. The first-order chi connectivity index (χ1) is 9.75. The maximum Gasteiger partial charge on any atom is 0.239 e. The minimum Gasteiger partial charge on any atom is -0.379 e. The summed E-state index contributed by atoms with van der Waals surface area (Å²) < 4.78 is 5.37. The molecule has 5 nitrogen and oxygen atoms in total. The number of morpholine rings is 1. The van der Waals surface area contributed by atoms with E-state index in [1.807, 2.05) is 0 Å². The molecule has 0 aromatic carbocycles. The van der Waals surface area contributed by atoms with Gasteiger partial charge in [0.2, 0.25) is 5.91 Å². The highest BCUT2D eigenvalue weighted by Crippen LogP contribution is 2.27. The molecule has 0 spiro atoms. The quantitative estimate of drug-likeness (QED) is 0.783. The first-order valence-corrected chi connectivity index (χ1v) is 8.07. The summed E-state index contributed by atoms with van der Waals surface area (Å²) in [6.45, 7) is 9.51. The summed E-state index contributed by atoms with van der Waals surface area (Å²) in [6, 6.07) is 0.00923. The average molecular weight is 281 g/mol. The molecule has 3 heterocycles. The van der Waals surface area contributed by atoms with E-state index in [9.17, 15) is 4.79 Å². The number of rotatable bonds is 2. The maximum absolute atomic E-state index is 12.7. The molecule has 1 unspecified atom stereocenters. The average Bonchev–Trinajstić information content (AvgIpc) is 2.85. The summed E-state index contributed by atoms with van der Waals surface area (Å²) in [4.78, 5) is 17.1. The van der Waals surface area contributed by atoms with Crippen molar-refractivity contribution in [2.75, 3.05) is 52.5 Å². The molecule has 20 heavy (non-hydrogen) atoms. The second-order valence-corrected chi connectivity index (χ2v) is 6.41. The summed E-state index contributed by atoms with van der Waals surface area (Å²) in [5, 5.41) is 3.49. The number of nitrogens with one attached hydrogen (secondary N) is 1. The zero-order valence-corrected chi connectivity index (χ0v) is 12.5. The molecule has 0 bridgehead atoms. The minimum atomic E-state index is 0.00923. The fraction of sp³-hybridized carbons (Fsp3) is 0.933. The fourth-order valence-electron chi connectivity index (χ4n) is 3.82. The number of ether oxygens (including phenoxy) is 1. The molecule has 1 N–H and O–H groups in total. The lowest BCUT2D eigenvalue weighted by atomic mass is 9.92. The SMILES string of the molecule is CC(C(=O)N1CC[C@@H]2CNC[C@@H]2CC1)N1CCOCC1. The Morgan fingerprint density at radius 2 is 1.70 bits per heavy atom. The van der Waals surface area contributed by atoms with Crippen molar-refractivity contribution in [2.24, 2.45) is 11.8 Å². The van der Waals surface area contributed by atoms with Gasteiger partial charge in [-0.05, 0) is 44.7 Å². The van der Waals surface area contributed by atoms with Crippen molar-refractivity contribution in [3.63, 3.8) is 0 Å². The number of hydrogen-bond acceptors (Lipinski definition) is 4. The third-order valence-corrected chi connectivity index (χ3v) is 5.28. The second kappa shape index (κ2) is 6.41. The number of amides is 1. The number of fused-ring (bicyclic) bond motifs is 1. The number of nitrogens with zero attached hydrogens (tertiary/aromatic N) is 2. The molecule has 0 radical (unpaired) electrons. The van der Waals surface area contributed by atoms with E-state index < -0.39 is 0 Å². The van der Waals surface area contributed by atoms with Crippen molar-refractivity contribution >= 4 is 5.91 Å². The normalized spacial score (nSPS) is 33.5. The predicted octanol–water partition coefficient (Wildman–Crippen LogP) is 0.165. The van der Waals surface area contributed by atoms with Gasteiger partial charge in [0.15, 0.2) is 0 Å². The van der Waals surface area contributed by atoms with E-state index in [-0.39, 0.29) is 6.04 Å². The molecule has 0 saturated carbocycles. The van der Waals surface area contributed by atoms with Crippen LogP contribution < -0.4 is 5.32 Å². The lowest BCUT2D eigenvalue weighted by molar-refractivity contribution is -0.138.